The van der Waals surface area contributed by atoms with E-state index in [0.717, 1.165) is 37.6 Å². The first kappa shape index (κ1) is 23.9. The van der Waals surface area contributed by atoms with Crippen molar-refractivity contribution >= 4 is 18.1 Å². The Bertz CT molecular complexity index is 1190. The summed E-state index contributed by atoms with van der Waals surface area (Å²) in [5, 5.41) is 12.9. The van der Waals surface area contributed by atoms with Crippen LogP contribution in [0.1, 0.15) is 34.1 Å². The Hall–Kier alpha value is -3.29. The highest BCUT2D eigenvalue weighted by Crippen LogP contribution is 2.30. The number of tetrazole rings is 1. The molecule has 34 heavy (non-hydrogen) atoms. The zero-order chi connectivity index (χ0) is 22.6. The van der Waals surface area contributed by atoms with Gasteiger partial charge in [0.05, 0.1) is 12.6 Å². The standard InChI is InChI=1S/C26H29N7.ClH/c1-20-8-9-21(2)24(18-20)31-14-16-32(17-15-31)25(23-10-12-27-13-11-23)26-28-29-30-33(26)19-22-6-4-3-5-7-22;/h3-13,18,25H,14-17,19H2,1-2H3;1H. The van der Waals surface area contributed by atoms with Crippen LogP contribution in [0.4, 0.5) is 5.69 Å². The van der Waals surface area contributed by atoms with Gasteiger partial charge >= 0.3 is 0 Å². The van der Waals surface area contributed by atoms with Crippen LogP contribution < -0.4 is 4.90 Å². The molecule has 1 aliphatic rings. The third-order valence-electron chi connectivity index (χ3n) is 6.39. The molecule has 0 aliphatic carbocycles. The summed E-state index contributed by atoms with van der Waals surface area (Å²) in [5.41, 5.74) is 6.30. The van der Waals surface area contributed by atoms with E-state index in [-0.39, 0.29) is 18.4 Å². The highest BCUT2D eigenvalue weighted by atomic mass is 35.5. The summed E-state index contributed by atoms with van der Waals surface area (Å²) in [5.74, 6) is 0.866. The van der Waals surface area contributed by atoms with Crippen molar-refractivity contribution in [2.24, 2.45) is 0 Å². The first-order chi connectivity index (χ1) is 16.2. The number of hydrogen-bond donors (Lipinski definition) is 0. The van der Waals surface area contributed by atoms with Gasteiger partial charge in [0.25, 0.3) is 0 Å². The van der Waals surface area contributed by atoms with Gasteiger partial charge in [-0.15, -0.1) is 17.5 Å². The second-order valence-corrected chi connectivity index (χ2v) is 8.68. The largest absolute Gasteiger partial charge is 0.369 e. The van der Waals surface area contributed by atoms with Crippen LogP contribution in [-0.2, 0) is 6.54 Å². The number of piperazine rings is 1. The number of pyridine rings is 1. The number of benzene rings is 2. The molecule has 1 atom stereocenters. The Morgan fingerprint density at radius 3 is 2.35 bits per heavy atom. The van der Waals surface area contributed by atoms with E-state index >= 15 is 0 Å². The molecule has 8 heteroatoms. The Balaban J connectivity index is 0.00000274. The molecule has 4 aromatic rings. The van der Waals surface area contributed by atoms with Gasteiger partial charge in [-0.1, -0.05) is 42.5 Å². The second-order valence-electron chi connectivity index (χ2n) is 8.68. The maximum atomic E-state index is 4.49. The number of halogens is 1. The van der Waals surface area contributed by atoms with Gasteiger partial charge in [-0.2, -0.15) is 0 Å². The predicted molar refractivity (Wildman–Crippen MR) is 136 cm³/mol. The molecule has 176 valence electrons. The summed E-state index contributed by atoms with van der Waals surface area (Å²) in [6.45, 7) is 8.78. The molecular formula is C26H30ClN7. The van der Waals surface area contributed by atoms with Crippen molar-refractivity contribution in [2.45, 2.75) is 26.4 Å². The minimum atomic E-state index is -0.0209. The summed E-state index contributed by atoms with van der Waals surface area (Å²) in [7, 11) is 0. The predicted octanol–water partition coefficient (Wildman–Crippen LogP) is 4.07. The molecule has 0 radical (unpaired) electrons. The molecule has 7 nitrogen and oxygen atoms in total. The minimum Gasteiger partial charge on any atom is -0.369 e. The number of nitrogens with zero attached hydrogens (tertiary/aromatic N) is 7. The molecule has 0 amide bonds. The van der Waals surface area contributed by atoms with Crippen LogP contribution in [0.25, 0.3) is 0 Å². The van der Waals surface area contributed by atoms with Crippen LogP contribution in [-0.4, -0.2) is 56.3 Å². The molecular weight excluding hydrogens is 446 g/mol. The third kappa shape index (κ3) is 5.11. The van der Waals surface area contributed by atoms with E-state index in [1.54, 1.807) is 0 Å². The lowest BCUT2D eigenvalue weighted by Gasteiger charge is -2.40. The summed E-state index contributed by atoms with van der Waals surface area (Å²) in [4.78, 5) is 9.21. The molecule has 1 unspecified atom stereocenters. The Kier molecular flexibility index (Phi) is 7.55. The van der Waals surface area contributed by atoms with Gasteiger partial charge in [0, 0.05) is 44.3 Å². The smallest absolute Gasteiger partial charge is 0.173 e. The number of aryl methyl sites for hydroxylation is 2. The second kappa shape index (κ2) is 10.8. The van der Waals surface area contributed by atoms with Crippen molar-refractivity contribution in [3.63, 3.8) is 0 Å². The van der Waals surface area contributed by atoms with Gasteiger partial charge < -0.3 is 4.90 Å². The monoisotopic (exact) mass is 475 g/mol. The summed E-state index contributed by atoms with van der Waals surface area (Å²) >= 11 is 0. The van der Waals surface area contributed by atoms with Crippen LogP contribution in [0.15, 0.2) is 73.1 Å². The van der Waals surface area contributed by atoms with Crippen molar-refractivity contribution < 1.29 is 0 Å². The fourth-order valence-corrected chi connectivity index (χ4v) is 4.63. The van der Waals surface area contributed by atoms with Gasteiger partial charge in [-0.25, -0.2) is 4.68 Å². The number of aromatic nitrogens is 5. The van der Waals surface area contributed by atoms with Crippen LogP contribution in [0.2, 0.25) is 0 Å². The van der Waals surface area contributed by atoms with E-state index < -0.39 is 0 Å². The van der Waals surface area contributed by atoms with Gasteiger partial charge in [-0.3, -0.25) is 9.88 Å². The van der Waals surface area contributed by atoms with Crippen molar-refractivity contribution in [2.75, 3.05) is 31.1 Å². The Labute approximate surface area is 206 Å². The minimum absolute atomic E-state index is 0. The van der Waals surface area contributed by atoms with E-state index in [1.807, 2.05) is 35.3 Å². The molecule has 0 N–H and O–H groups in total. The fourth-order valence-electron chi connectivity index (χ4n) is 4.63. The van der Waals surface area contributed by atoms with Crippen LogP contribution in [0, 0.1) is 13.8 Å². The molecule has 0 saturated carbocycles. The molecule has 2 aromatic carbocycles. The molecule has 2 aromatic heterocycles. The molecule has 5 rings (SSSR count). The van der Waals surface area contributed by atoms with Crippen LogP contribution in [0.5, 0.6) is 0 Å². The highest BCUT2D eigenvalue weighted by Gasteiger charge is 2.31. The van der Waals surface area contributed by atoms with Gasteiger partial charge in [0.15, 0.2) is 5.82 Å². The first-order valence-corrected chi connectivity index (χ1v) is 11.5. The quantitative estimate of drug-likeness (QED) is 0.419. The van der Waals surface area contributed by atoms with Crippen molar-refractivity contribution in [1.82, 2.24) is 30.1 Å². The maximum Gasteiger partial charge on any atom is 0.173 e. The molecule has 1 aliphatic heterocycles. The van der Waals surface area contributed by atoms with Gasteiger partial charge in [0.1, 0.15) is 0 Å². The number of rotatable bonds is 6. The summed E-state index contributed by atoms with van der Waals surface area (Å²) < 4.78 is 1.93. The van der Waals surface area contributed by atoms with Crippen LogP contribution in [0.3, 0.4) is 0 Å². The third-order valence-corrected chi connectivity index (χ3v) is 6.39. The SMILES string of the molecule is Cc1ccc(C)c(N2CCN(C(c3ccncc3)c3nnnn3Cc3ccccc3)CC2)c1.Cl. The molecule has 1 saturated heterocycles. The van der Waals surface area contributed by atoms with Crippen molar-refractivity contribution in [3.05, 3.63) is 101 Å². The molecule has 0 spiro atoms. The van der Waals surface area contributed by atoms with E-state index in [4.69, 9.17) is 0 Å². The topological polar surface area (TPSA) is 63.0 Å². The Morgan fingerprint density at radius 2 is 1.62 bits per heavy atom. The lowest BCUT2D eigenvalue weighted by Crippen LogP contribution is -2.48. The average molecular weight is 476 g/mol. The number of hydrogen-bond acceptors (Lipinski definition) is 6. The van der Waals surface area contributed by atoms with E-state index in [2.05, 4.69) is 86.6 Å². The van der Waals surface area contributed by atoms with Crippen molar-refractivity contribution in [3.8, 4) is 0 Å². The van der Waals surface area contributed by atoms with Crippen molar-refractivity contribution in [1.29, 1.82) is 0 Å². The first-order valence-electron chi connectivity index (χ1n) is 11.5. The average Bonchev–Trinajstić information content (AvgIpc) is 3.30. The summed E-state index contributed by atoms with van der Waals surface area (Å²) in [6.07, 6.45) is 3.69. The van der Waals surface area contributed by atoms with E-state index in [1.165, 1.54) is 22.4 Å². The zero-order valence-corrected chi connectivity index (χ0v) is 20.4. The zero-order valence-electron chi connectivity index (χ0n) is 19.6. The van der Waals surface area contributed by atoms with Gasteiger partial charge in [-0.05, 0) is 64.7 Å². The normalized spacial score (nSPS) is 15.1. The lowest BCUT2D eigenvalue weighted by molar-refractivity contribution is 0.201. The maximum absolute atomic E-state index is 4.49. The fraction of sp³-hybridized carbons (Fsp3) is 0.308. The molecule has 1 fully saturated rings. The molecule has 3 heterocycles. The van der Waals surface area contributed by atoms with E-state index in [0.29, 0.717) is 6.54 Å². The number of anilines is 1. The lowest BCUT2D eigenvalue weighted by atomic mass is 10.0. The molecule has 0 bridgehead atoms. The highest BCUT2D eigenvalue weighted by molar-refractivity contribution is 5.85. The van der Waals surface area contributed by atoms with E-state index in [9.17, 15) is 0 Å². The summed E-state index contributed by atoms with van der Waals surface area (Å²) in [6, 6.07) is 21.2. The van der Waals surface area contributed by atoms with Gasteiger partial charge in [0.2, 0.25) is 0 Å². The Morgan fingerprint density at radius 1 is 0.882 bits per heavy atom. The van der Waals surface area contributed by atoms with Crippen LogP contribution >= 0.6 is 12.4 Å².